The van der Waals surface area contributed by atoms with Crippen molar-refractivity contribution < 1.29 is 25.2 Å². The molecule has 0 fully saturated rings. The third-order valence-corrected chi connectivity index (χ3v) is 3.28. The van der Waals surface area contributed by atoms with Gasteiger partial charge in [-0.2, -0.15) is 28.4 Å². The van der Waals surface area contributed by atoms with Crippen LogP contribution in [-0.4, -0.2) is 24.7 Å². The number of benzene rings is 2. The number of hydrogen-bond donors (Lipinski definition) is 1. The van der Waals surface area contributed by atoms with Crippen molar-refractivity contribution in [2.24, 2.45) is 0 Å². The van der Waals surface area contributed by atoms with Gasteiger partial charge in [0.25, 0.3) is 0 Å². The van der Waals surface area contributed by atoms with Crippen LogP contribution in [0.2, 0.25) is 0 Å². The molecule has 0 amide bonds. The molecule has 0 bridgehead atoms. The van der Waals surface area contributed by atoms with E-state index in [9.17, 15) is 5.11 Å². The predicted octanol–water partition coefficient (Wildman–Crippen LogP) is 3.80. The van der Waals surface area contributed by atoms with Crippen molar-refractivity contribution in [3.8, 4) is 17.1 Å². The molecule has 0 spiro atoms. The van der Waals surface area contributed by atoms with Crippen molar-refractivity contribution in [1.82, 2.24) is 19.6 Å². The van der Waals surface area contributed by atoms with Crippen molar-refractivity contribution >= 4 is 5.69 Å². The quantitative estimate of drug-likeness (QED) is 0.409. The van der Waals surface area contributed by atoms with E-state index in [1.807, 2.05) is 30.5 Å². The SMILES string of the molecule is Oc1ccccc1-n1cccn1.[C-]#[N+]c1cc[c-]c(-n2cccn2)c1.[Ir]. The molecule has 0 saturated carbocycles. The molecule has 0 unspecified atom stereocenters. The minimum absolute atomic E-state index is 0. The minimum Gasteiger partial charge on any atom is -0.506 e. The Kier molecular flexibility index (Phi) is 6.86. The topological polar surface area (TPSA) is 60.2 Å². The predicted molar refractivity (Wildman–Crippen MR) is 93.9 cm³/mol. The molecule has 6 nitrogen and oxygen atoms in total. The van der Waals surface area contributed by atoms with Crippen LogP contribution in [0.1, 0.15) is 0 Å². The van der Waals surface area contributed by atoms with E-state index in [1.165, 1.54) is 0 Å². The zero-order valence-electron chi connectivity index (χ0n) is 13.5. The minimum atomic E-state index is 0. The Morgan fingerprint density at radius 2 is 1.65 bits per heavy atom. The van der Waals surface area contributed by atoms with Crippen LogP contribution in [-0.2, 0) is 20.1 Å². The molecule has 1 N–H and O–H groups in total. The summed E-state index contributed by atoms with van der Waals surface area (Å²) in [6, 6.07) is 18.9. The smallest absolute Gasteiger partial charge is 0.141 e. The van der Waals surface area contributed by atoms with Crippen LogP contribution >= 0.6 is 0 Å². The standard InChI is InChI=1S/C10H6N3.C9H8N2O.Ir/c1-11-9-4-2-5-10(8-9)13-7-3-6-12-13;12-9-5-2-1-4-8(9)11-7-3-6-10-11;/h2-4,6-8H;1-7,12H;/q-1;;. The number of hydrogen-bond acceptors (Lipinski definition) is 3. The average molecular weight is 521 g/mol. The summed E-state index contributed by atoms with van der Waals surface area (Å²) in [4.78, 5) is 3.33. The van der Waals surface area contributed by atoms with Crippen molar-refractivity contribution in [3.05, 3.63) is 96.9 Å². The van der Waals surface area contributed by atoms with Gasteiger partial charge in [-0.05, 0) is 24.3 Å². The maximum absolute atomic E-state index is 9.42. The number of rotatable bonds is 2. The Balaban J connectivity index is 0.000000180. The third kappa shape index (κ3) is 4.67. The first-order chi connectivity index (χ1) is 12.3. The summed E-state index contributed by atoms with van der Waals surface area (Å²) in [5.74, 6) is 0.237. The molecule has 0 saturated heterocycles. The van der Waals surface area contributed by atoms with Crippen LogP contribution in [0, 0.1) is 12.6 Å². The van der Waals surface area contributed by atoms with Crippen LogP contribution in [0.3, 0.4) is 0 Å². The second-order valence-electron chi connectivity index (χ2n) is 4.93. The van der Waals surface area contributed by atoms with Crippen LogP contribution in [0.5, 0.6) is 5.75 Å². The molecule has 0 aliphatic rings. The van der Waals surface area contributed by atoms with Gasteiger partial charge in [0.05, 0.1) is 12.3 Å². The number of nitrogens with zero attached hydrogens (tertiary/aromatic N) is 5. The molecule has 2 heterocycles. The van der Waals surface area contributed by atoms with E-state index in [1.54, 1.807) is 58.3 Å². The maximum atomic E-state index is 9.42. The molecule has 4 rings (SSSR count). The Labute approximate surface area is 164 Å². The first-order valence-electron chi connectivity index (χ1n) is 7.45. The summed E-state index contributed by atoms with van der Waals surface area (Å²) in [6.45, 7) is 6.85. The first-order valence-corrected chi connectivity index (χ1v) is 7.45. The fraction of sp³-hybridized carbons (Fsp3) is 0. The number of aromatic nitrogens is 4. The van der Waals surface area contributed by atoms with E-state index in [2.05, 4.69) is 21.1 Å². The van der Waals surface area contributed by atoms with Gasteiger partial charge in [0.15, 0.2) is 0 Å². The molecule has 131 valence electrons. The van der Waals surface area contributed by atoms with E-state index < -0.39 is 0 Å². The van der Waals surface area contributed by atoms with Crippen molar-refractivity contribution in [3.63, 3.8) is 0 Å². The van der Waals surface area contributed by atoms with Gasteiger partial charge in [0.1, 0.15) is 11.4 Å². The van der Waals surface area contributed by atoms with E-state index >= 15 is 0 Å². The fourth-order valence-electron chi connectivity index (χ4n) is 2.12. The zero-order valence-corrected chi connectivity index (χ0v) is 15.9. The summed E-state index contributed by atoms with van der Waals surface area (Å²) >= 11 is 0. The van der Waals surface area contributed by atoms with Gasteiger partial charge in [-0.1, -0.05) is 17.8 Å². The first kappa shape index (κ1) is 19.1. The van der Waals surface area contributed by atoms with Crippen LogP contribution in [0.25, 0.3) is 16.2 Å². The third-order valence-electron chi connectivity index (χ3n) is 3.28. The van der Waals surface area contributed by atoms with Gasteiger partial charge in [0, 0.05) is 44.9 Å². The molecular weight excluding hydrogens is 506 g/mol. The monoisotopic (exact) mass is 521 g/mol. The normalized spacial score (nSPS) is 9.35. The Morgan fingerprint density at radius 3 is 2.27 bits per heavy atom. The van der Waals surface area contributed by atoms with Gasteiger partial charge in [-0.25, -0.2) is 4.68 Å². The summed E-state index contributed by atoms with van der Waals surface area (Å²) in [7, 11) is 0. The average Bonchev–Trinajstić information content (AvgIpc) is 3.37. The Morgan fingerprint density at radius 1 is 0.962 bits per heavy atom. The largest absolute Gasteiger partial charge is 0.506 e. The van der Waals surface area contributed by atoms with Crippen molar-refractivity contribution in [2.45, 2.75) is 0 Å². The van der Waals surface area contributed by atoms with Crippen molar-refractivity contribution in [2.75, 3.05) is 0 Å². The molecule has 0 aliphatic heterocycles. The van der Waals surface area contributed by atoms with Gasteiger partial charge in [-0.15, -0.1) is 6.07 Å². The Hall–Kier alpha value is -3.20. The molecule has 1 radical (unpaired) electrons. The number of para-hydroxylation sites is 2. The molecule has 4 aromatic rings. The van der Waals surface area contributed by atoms with Gasteiger partial charge >= 0.3 is 0 Å². The fourth-order valence-corrected chi connectivity index (χ4v) is 2.12. The van der Waals surface area contributed by atoms with Gasteiger partial charge in [-0.3, -0.25) is 9.53 Å². The second kappa shape index (κ2) is 9.33. The van der Waals surface area contributed by atoms with Crippen molar-refractivity contribution in [1.29, 1.82) is 0 Å². The number of phenols is 1. The molecule has 2 aromatic heterocycles. The maximum Gasteiger partial charge on any atom is 0.141 e. The molecule has 7 heteroatoms. The summed E-state index contributed by atoms with van der Waals surface area (Å²) in [6.07, 6.45) is 6.97. The van der Waals surface area contributed by atoms with E-state index in [0.717, 1.165) is 5.69 Å². The summed E-state index contributed by atoms with van der Waals surface area (Å²) < 4.78 is 3.30. The number of phenolic OH excluding ortho intramolecular Hbond substituents is 1. The zero-order chi connectivity index (χ0) is 17.5. The summed E-state index contributed by atoms with van der Waals surface area (Å²) in [5, 5.41) is 17.5. The van der Waals surface area contributed by atoms with Crippen LogP contribution < -0.4 is 0 Å². The Bertz CT molecular complexity index is 975. The summed E-state index contributed by atoms with van der Waals surface area (Å²) in [5.41, 5.74) is 2.09. The number of aromatic hydroxyl groups is 1. The molecular formula is C19H14IrN5O-. The molecule has 26 heavy (non-hydrogen) atoms. The molecule has 0 aliphatic carbocycles. The molecule has 0 atom stereocenters. The van der Waals surface area contributed by atoms with E-state index in [4.69, 9.17) is 6.57 Å². The van der Waals surface area contributed by atoms with E-state index in [-0.39, 0.29) is 25.9 Å². The van der Waals surface area contributed by atoms with E-state index in [0.29, 0.717) is 11.4 Å². The van der Waals surface area contributed by atoms with Gasteiger partial charge < -0.3 is 5.11 Å². The molecule has 2 aromatic carbocycles. The van der Waals surface area contributed by atoms with Crippen LogP contribution in [0.4, 0.5) is 5.69 Å². The van der Waals surface area contributed by atoms with Gasteiger partial charge in [0.2, 0.25) is 0 Å². The second-order valence-corrected chi connectivity index (χ2v) is 4.93. The van der Waals surface area contributed by atoms with Crippen LogP contribution in [0.15, 0.2) is 79.4 Å².